The van der Waals surface area contributed by atoms with Crippen molar-refractivity contribution in [2.45, 2.75) is 24.3 Å². The number of amides is 2. The summed E-state index contributed by atoms with van der Waals surface area (Å²) in [6, 6.07) is 8.09. The molecule has 21 heavy (non-hydrogen) atoms. The van der Waals surface area contributed by atoms with Gasteiger partial charge in [-0.15, -0.1) is 0 Å². The fraction of sp³-hybridized carbons (Fsp3) is 0.429. The van der Waals surface area contributed by atoms with Gasteiger partial charge in [-0.25, -0.2) is 0 Å². The molecule has 0 aliphatic carbocycles. The van der Waals surface area contributed by atoms with Crippen LogP contribution in [0, 0.1) is 0 Å². The van der Waals surface area contributed by atoms with Crippen LogP contribution < -0.4 is 11.1 Å². The third kappa shape index (κ3) is 6.50. The quantitative estimate of drug-likeness (QED) is 0.680. The monoisotopic (exact) mass is 312 g/mol. The van der Waals surface area contributed by atoms with Gasteiger partial charge in [0.05, 0.1) is 10.8 Å². The fourth-order valence-electron chi connectivity index (χ4n) is 1.63. The topological polar surface area (TPSA) is 98.5 Å². The van der Waals surface area contributed by atoms with E-state index in [9.17, 15) is 13.8 Å². The highest BCUT2D eigenvalue weighted by Crippen LogP contribution is 2.07. The summed E-state index contributed by atoms with van der Waals surface area (Å²) in [6.07, 6.45) is 0.217. The van der Waals surface area contributed by atoms with Crippen LogP contribution in [0.25, 0.3) is 0 Å². The van der Waals surface area contributed by atoms with Gasteiger partial charge in [-0.2, -0.15) is 0 Å². The van der Waals surface area contributed by atoms with Gasteiger partial charge in [0.15, 0.2) is 0 Å². The van der Waals surface area contributed by atoms with Gasteiger partial charge in [-0.05, 0) is 25.5 Å². The molecular formula is C14H20N2O4S. The second-order valence-corrected chi connectivity index (χ2v) is 5.88. The molecule has 1 aromatic rings. The van der Waals surface area contributed by atoms with Crippen molar-refractivity contribution in [1.29, 1.82) is 0 Å². The van der Waals surface area contributed by atoms with Gasteiger partial charge in [0.25, 0.3) is 0 Å². The van der Waals surface area contributed by atoms with E-state index in [1.807, 2.05) is 6.07 Å². The van der Waals surface area contributed by atoms with E-state index in [0.29, 0.717) is 11.5 Å². The van der Waals surface area contributed by atoms with Crippen LogP contribution in [0.5, 0.6) is 0 Å². The van der Waals surface area contributed by atoms with Crippen LogP contribution in [0.3, 0.4) is 0 Å². The number of nitrogens with two attached hydrogens (primary N) is 1. The summed E-state index contributed by atoms with van der Waals surface area (Å²) in [5, 5.41) is 2.49. The molecule has 0 spiro atoms. The Bertz CT molecular complexity index is 493. The van der Waals surface area contributed by atoms with Crippen LogP contribution in [0.2, 0.25) is 0 Å². The molecule has 116 valence electrons. The van der Waals surface area contributed by atoms with E-state index in [0.717, 1.165) is 0 Å². The number of carbonyl (C=O) groups is 2. The minimum absolute atomic E-state index is 0.123. The summed E-state index contributed by atoms with van der Waals surface area (Å²) in [7, 11) is -1.23. The molecule has 2 amide bonds. The lowest BCUT2D eigenvalue weighted by molar-refractivity contribution is -0.130. The Balaban J connectivity index is 2.50. The molecular weight excluding hydrogens is 292 g/mol. The molecule has 0 saturated heterocycles. The molecule has 6 nitrogen and oxygen atoms in total. The van der Waals surface area contributed by atoms with Crippen molar-refractivity contribution in [2.24, 2.45) is 5.73 Å². The van der Waals surface area contributed by atoms with E-state index in [1.165, 1.54) is 0 Å². The first kappa shape index (κ1) is 17.3. The van der Waals surface area contributed by atoms with Gasteiger partial charge in [-0.1, -0.05) is 18.2 Å². The average Bonchev–Trinajstić information content (AvgIpc) is 2.49. The average molecular weight is 312 g/mol. The Labute approximate surface area is 126 Å². The summed E-state index contributed by atoms with van der Waals surface area (Å²) in [5.74, 6) is -0.817. The van der Waals surface area contributed by atoms with Crippen LogP contribution in [0.1, 0.15) is 13.3 Å². The van der Waals surface area contributed by atoms with Crippen molar-refractivity contribution >= 4 is 22.6 Å². The maximum atomic E-state index is 12.1. The summed E-state index contributed by atoms with van der Waals surface area (Å²) < 4.78 is 17.0. The number of primary amides is 1. The highest BCUT2D eigenvalue weighted by molar-refractivity contribution is 7.85. The van der Waals surface area contributed by atoms with Gasteiger partial charge >= 0.3 is 0 Å². The van der Waals surface area contributed by atoms with E-state index in [1.54, 1.807) is 31.2 Å². The summed E-state index contributed by atoms with van der Waals surface area (Å²) in [4.78, 5) is 23.5. The van der Waals surface area contributed by atoms with Crippen LogP contribution in [-0.2, 0) is 25.1 Å². The normalized spacial score (nSPS) is 13.4. The minimum atomic E-state index is -1.23. The molecule has 0 fully saturated rings. The molecule has 3 N–H and O–H groups in total. The Morgan fingerprint density at radius 2 is 2.00 bits per heavy atom. The molecule has 0 bridgehead atoms. The van der Waals surface area contributed by atoms with Crippen LogP contribution in [-0.4, -0.2) is 41.0 Å². The second kappa shape index (κ2) is 9.25. The maximum Gasteiger partial charge on any atom is 0.246 e. The van der Waals surface area contributed by atoms with Crippen molar-refractivity contribution < 1.29 is 18.5 Å². The van der Waals surface area contributed by atoms with Crippen molar-refractivity contribution in [3.63, 3.8) is 0 Å². The zero-order chi connectivity index (χ0) is 15.7. The number of hydrogen-bond donors (Lipinski definition) is 2. The standard InChI is InChI=1S/C14H20N2O4S/c1-2-20-10-13(17)16-12(14(15)18)8-9-21(19)11-6-4-3-5-7-11/h3-7,12H,2,8-10H2,1H3,(H2,15,18)(H,16,17)/t12-,21+/m0/s1. The summed E-state index contributed by atoms with van der Waals surface area (Å²) >= 11 is 0. The van der Waals surface area contributed by atoms with E-state index in [-0.39, 0.29) is 18.8 Å². The van der Waals surface area contributed by atoms with Crippen LogP contribution in [0.15, 0.2) is 35.2 Å². The van der Waals surface area contributed by atoms with E-state index >= 15 is 0 Å². The fourth-order valence-corrected chi connectivity index (χ4v) is 2.78. The Morgan fingerprint density at radius 3 is 2.57 bits per heavy atom. The third-order valence-corrected chi connectivity index (χ3v) is 4.12. The van der Waals surface area contributed by atoms with Gasteiger partial charge < -0.3 is 15.8 Å². The van der Waals surface area contributed by atoms with Crippen LogP contribution in [0.4, 0.5) is 0 Å². The largest absolute Gasteiger partial charge is 0.372 e. The summed E-state index contributed by atoms with van der Waals surface area (Å²) in [5.41, 5.74) is 5.25. The highest BCUT2D eigenvalue weighted by Gasteiger charge is 2.19. The first-order valence-electron chi connectivity index (χ1n) is 6.64. The number of ether oxygens (including phenoxy) is 1. The van der Waals surface area contributed by atoms with E-state index in [4.69, 9.17) is 10.5 Å². The van der Waals surface area contributed by atoms with Crippen molar-refractivity contribution in [3.8, 4) is 0 Å². The number of benzene rings is 1. The molecule has 0 aliphatic rings. The first-order chi connectivity index (χ1) is 10.0. The molecule has 1 rings (SSSR count). The number of nitrogens with one attached hydrogen (secondary N) is 1. The van der Waals surface area contributed by atoms with Gasteiger partial charge in [0.2, 0.25) is 11.8 Å². The molecule has 0 aromatic heterocycles. The lowest BCUT2D eigenvalue weighted by atomic mass is 10.2. The minimum Gasteiger partial charge on any atom is -0.372 e. The van der Waals surface area contributed by atoms with E-state index in [2.05, 4.69) is 5.32 Å². The molecule has 2 atom stereocenters. The van der Waals surface area contributed by atoms with E-state index < -0.39 is 28.7 Å². The Hall–Kier alpha value is -1.73. The lowest BCUT2D eigenvalue weighted by Crippen LogP contribution is -2.46. The smallest absolute Gasteiger partial charge is 0.246 e. The first-order valence-corrected chi connectivity index (χ1v) is 7.96. The van der Waals surface area contributed by atoms with Gasteiger partial charge in [-0.3, -0.25) is 13.8 Å². The molecule has 0 aliphatic heterocycles. The predicted molar refractivity (Wildman–Crippen MR) is 80.0 cm³/mol. The third-order valence-electron chi connectivity index (χ3n) is 2.71. The summed E-state index contributed by atoms with van der Waals surface area (Å²) in [6.45, 7) is 2.05. The van der Waals surface area contributed by atoms with Crippen molar-refractivity contribution in [3.05, 3.63) is 30.3 Å². The molecule has 0 unspecified atom stereocenters. The molecule has 7 heteroatoms. The van der Waals surface area contributed by atoms with Gasteiger partial charge in [0.1, 0.15) is 12.6 Å². The number of carbonyl (C=O) groups excluding carboxylic acids is 2. The molecule has 0 saturated carbocycles. The number of hydrogen-bond acceptors (Lipinski definition) is 4. The molecule has 1 aromatic carbocycles. The maximum absolute atomic E-state index is 12.1. The lowest BCUT2D eigenvalue weighted by Gasteiger charge is -2.15. The zero-order valence-electron chi connectivity index (χ0n) is 11.9. The SMILES string of the molecule is CCOCC(=O)N[C@@H](CC[S@@](=O)c1ccccc1)C(N)=O. The zero-order valence-corrected chi connectivity index (χ0v) is 12.7. The highest BCUT2D eigenvalue weighted by atomic mass is 32.2. The second-order valence-electron chi connectivity index (χ2n) is 4.31. The molecule has 0 heterocycles. The Morgan fingerprint density at radius 1 is 1.33 bits per heavy atom. The van der Waals surface area contributed by atoms with Gasteiger partial charge in [0, 0.05) is 17.3 Å². The predicted octanol–water partition coefficient (Wildman–Crippen LogP) is 0.191. The van der Waals surface area contributed by atoms with Crippen LogP contribution >= 0.6 is 0 Å². The Kier molecular flexibility index (Phi) is 7.63. The number of rotatable bonds is 9. The molecule has 0 radical (unpaired) electrons. The van der Waals surface area contributed by atoms with Crippen molar-refractivity contribution in [1.82, 2.24) is 5.32 Å². The van der Waals surface area contributed by atoms with Crippen molar-refractivity contribution in [2.75, 3.05) is 19.0 Å².